The van der Waals surface area contributed by atoms with Crippen LogP contribution < -0.4 is 0 Å². The first-order valence-corrected chi connectivity index (χ1v) is 9.05. The van der Waals surface area contributed by atoms with Crippen LogP contribution in [0.25, 0.3) is 0 Å². The standard InChI is InChI=1S/C13H11ClO.C10H14O/c14-12-6-7-13(15)11(9-12)8-10-4-2-1-3-5-10;1-7(2)10-5-4-9(11)6-8(10)3/h1-7,9,15H,8H2;4-7,11H,1-3H3. The molecule has 0 spiro atoms. The van der Waals surface area contributed by atoms with Crippen LogP contribution in [-0.2, 0) is 6.42 Å². The van der Waals surface area contributed by atoms with Gasteiger partial charge in [0.15, 0.2) is 0 Å². The van der Waals surface area contributed by atoms with Crippen LogP contribution in [0.3, 0.4) is 0 Å². The van der Waals surface area contributed by atoms with Crippen molar-refractivity contribution in [3.05, 3.63) is 94.0 Å². The first-order chi connectivity index (χ1) is 12.4. The summed E-state index contributed by atoms with van der Waals surface area (Å²) in [6.07, 6.45) is 0.702. The first kappa shape index (κ1) is 19.9. The third-order valence-electron chi connectivity index (χ3n) is 4.15. The Balaban J connectivity index is 0.000000197. The van der Waals surface area contributed by atoms with Crippen LogP contribution in [0, 0.1) is 6.92 Å². The van der Waals surface area contributed by atoms with E-state index in [0.29, 0.717) is 28.9 Å². The van der Waals surface area contributed by atoms with Gasteiger partial charge in [-0.3, -0.25) is 0 Å². The molecule has 0 radical (unpaired) electrons. The van der Waals surface area contributed by atoms with Crippen molar-refractivity contribution in [1.29, 1.82) is 0 Å². The molecule has 0 aliphatic rings. The second-order valence-electron chi connectivity index (χ2n) is 6.63. The van der Waals surface area contributed by atoms with E-state index in [2.05, 4.69) is 13.8 Å². The van der Waals surface area contributed by atoms with E-state index in [4.69, 9.17) is 16.7 Å². The van der Waals surface area contributed by atoms with E-state index in [1.807, 2.05) is 43.3 Å². The molecular weight excluding hydrogens is 344 g/mol. The summed E-state index contributed by atoms with van der Waals surface area (Å²) >= 11 is 5.87. The molecule has 136 valence electrons. The SMILES string of the molecule is Cc1cc(O)ccc1C(C)C.Oc1ccc(Cl)cc1Cc1ccccc1. The van der Waals surface area contributed by atoms with Gasteiger partial charge in [-0.25, -0.2) is 0 Å². The van der Waals surface area contributed by atoms with Crippen molar-refractivity contribution in [2.24, 2.45) is 0 Å². The number of hydrogen-bond donors (Lipinski definition) is 2. The van der Waals surface area contributed by atoms with Gasteiger partial charge < -0.3 is 10.2 Å². The molecule has 2 nitrogen and oxygen atoms in total. The van der Waals surface area contributed by atoms with E-state index in [1.165, 1.54) is 11.1 Å². The number of benzene rings is 3. The molecule has 0 atom stereocenters. The molecule has 3 aromatic carbocycles. The Kier molecular flexibility index (Phi) is 7.11. The summed E-state index contributed by atoms with van der Waals surface area (Å²) in [5, 5.41) is 19.4. The van der Waals surface area contributed by atoms with E-state index >= 15 is 0 Å². The van der Waals surface area contributed by atoms with Crippen molar-refractivity contribution in [3.8, 4) is 11.5 Å². The van der Waals surface area contributed by atoms with Crippen molar-refractivity contribution in [2.75, 3.05) is 0 Å². The maximum atomic E-state index is 9.64. The molecule has 0 bridgehead atoms. The number of rotatable bonds is 3. The summed E-state index contributed by atoms with van der Waals surface area (Å²) < 4.78 is 0. The van der Waals surface area contributed by atoms with Gasteiger partial charge in [0, 0.05) is 11.4 Å². The van der Waals surface area contributed by atoms with Crippen molar-refractivity contribution in [3.63, 3.8) is 0 Å². The van der Waals surface area contributed by atoms with Gasteiger partial charge in [0.2, 0.25) is 0 Å². The number of phenolic OH excluding ortho intramolecular Hbond substituents is 2. The van der Waals surface area contributed by atoms with Gasteiger partial charge >= 0.3 is 0 Å². The van der Waals surface area contributed by atoms with E-state index in [9.17, 15) is 5.11 Å². The van der Waals surface area contributed by atoms with Crippen LogP contribution in [0.1, 0.15) is 42.0 Å². The molecule has 3 heteroatoms. The molecular formula is C23H25ClO2. The second-order valence-corrected chi connectivity index (χ2v) is 7.07. The van der Waals surface area contributed by atoms with Gasteiger partial charge in [-0.2, -0.15) is 0 Å². The van der Waals surface area contributed by atoms with Gasteiger partial charge in [-0.05, 0) is 65.4 Å². The highest BCUT2D eigenvalue weighted by Crippen LogP contribution is 2.24. The van der Waals surface area contributed by atoms with Crippen molar-refractivity contribution in [2.45, 2.75) is 33.1 Å². The summed E-state index contributed by atoms with van der Waals surface area (Å²) in [5.41, 5.74) is 4.49. The Bertz CT molecular complexity index is 842. The van der Waals surface area contributed by atoms with Crippen LogP contribution >= 0.6 is 11.6 Å². The number of phenols is 2. The topological polar surface area (TPSA) is 40.5 Å². The number of hydrogen-bond acceptors (Lipinski definition) is 2. The minimum Gasteiger partial charge on any atom is -0.508 e. The predicted molar refractivity (Wildman–Crippen MR) is 109 cm³/mol. The minimum absolute atomic E-state index is 0.295. The minimum atomic E-state index is 0.295. The van der Waals surface area contributed by atoms with E-state index in [-0.39, 0.29) is 0 Å². The second kappa shape index (κ2) is 9.30. The van der Waals surface area contributed by atoms with Gasteiger partial charge in [0.25, 0.3) is 0 Å². The largest absolute Gasteiger partial charge is 0.508 e. The average molecular weight is 369 g/mol. The fourth-order valence-electron chi connectivity index (χ4n) is 2.82. The van der Waals surface area contributed by atoms with E-state index in [0.717, 1.165) is 11.1 Å². The van der Waals surface area contributed by atoms with Gasteiger partial charge in [-0.15, -0.1) is 0 Å². The first-order valence-electron chi connectivity index (χ1n) is 8.67. The Morgan fingerprint density at radius 3 is 2.19 bits per heavy atom. The summed E-state index contributed by atoms with van der Waals surface area (Å²) in [7, 11) is 0. The average Bonchev–Trinajstić information content (AvgIpc) is 2.59. The van der Waals surface area contributed by atoms with Crippen LogP contribution in [0.15, 0.2) is 66.7 Å². The quantitative estimate of drug-likeness (QED) is 0.556. The van der Waals surface area contributed by atoms with Crippen LogP contribution in [0.2, 0.25) is 5.02 Å². The molecule has 3 aromatic rings. The smallest absolute Gasteiger partial charge is 0.119 e. The lowest BCUT2D eigenvalue weighted by atomic mass is 9.98. The maximum Gasteiger partial charge on any atom is 0.119 e. The Hall–Kier alpha value is -2.45. The molecule has 26 heavy (non-hydrogen) atoms. The monoisotopic (exact) mass is 368 g/mol. The van der Waals surface area contributed by atoms with Gasteiger partial charge in [0.05, 0.1) is 0 Å². The summed E-state index contributed by atoms with van der Waals surface area (Å²) in [6, 6.07) is 20.6. The molecule has 0 aliphatic carbocycles. The highest BCUT2D eigenvalue weighted by molar-refractivity contribution is 6.30. The zero-order valence-electron chi connectivity index (χ0n) is 15.4. The molecule has 0 amide bonds. The summed E-state index contributed by atoms with van der Waals surface area (Å²) in [6.45, 7) is 6.33. The van der Waals surface area contributed by atoms with Crippen LogP contribution in [0.5, 0.6) is 11.5 Å². The Morgan fingerprint density at radius 2 is 1.58 bits per heavy atom. The lowest BCUT2D eigenvalue weighted by Gasteiger charge is -2.08. The molecule has 0 unspecified atom stereocenters. The number of aryl methyl sites for hydroxylation is 1. The fraction of sp³-hybridized carbons (Fsp3) is 0.217. The lowest BCUT2D eigenvalue weighted by molar-refractivity contribution is 0.469. The fourth-order valence-corrected chi connectivity index (χ4v) is 3.01. The zero-order chi connectivity index (χ0) is 19.1. The molecule has 0 fully saturated rings. The maximum absolute atomic E-state index is 9.64. The molecule has 0 saturated carbocycles. The zero-order valence-corrected chi connectivity index (χ0v) is 16.2. The van der Waals surface area contributed by atoms with Crippen LogP contribution in [0.4, 0.5) is 0 Å². The normalized spacial score (nSPS) is 10.3. The molecule has 0 heterocycles. The van der Waals surface area contributed by atoms with Gasteiger partial charge in [-0.1, -0.05) is 61.8 Å². The van der Waals surface area contributed by atoms with Gasteiger partial charge in [0.1, 0.15) is 11.5 Å². The highest BCUT2D eigenvalue weighted by atomic mass is 35.5. The third kappa shape index (κ3) is 5.82. The number of aromatic hydroxyl groups is 2. The summed E-state index contributed by atoms with van der Waals surface area (Å²) in [5.74, 6) is 1.19. The molecule has 0 aromatic heterocycles. The molecule has 0 aliphatic heterocycles. The van der Waals surface area contributed by atoms with Crippen molar-refractivity contribution >= 4 is 11.6 Å². The molecule has 0 saturated heterocycles. The predicted octanol–water partition coefficient (Wildman–Crippen LogP) is 6.46. The molecule has 3 rings (SSSR count). The van der Waals surface area contributed by atoms with E-state index in [1.54, 1.807) is 30.3 Å². The highest BCUT2D eigenvalue weighted by Gasteiger charge is 2.03. The number of halogens is 1. The Morgan fingerprint density at radius 1 is 0.885 bits per heavy atom. The molecule has 2 N–H and O–H groups in total. The van der Waals surface area contributed by atoms with Crippen molar-refractivity contribution in [1.82, 2.24) is 0 Å². The van der Waals surface area contributed by atoms with E-state index < -0.39 is 0 Å². The summed E-state index contributed by atoms with van der Waals surface area (Å²) in [4.78, 5) is 0. The van der Waals surface area contributed by atoms with Crippen LogP contribution in [-0.4, -0.2) is 10.2 Å². The Labute approximate surface area is 160 Å². The lowest BCUT2D eigenvalue weighted by Crippen LogP contribution is -1.90. The van der Waals surface area contributed by atoms with Crippen molar-refractivity contribution < 1.29 is 10.2 Å². The third-order valence-corrected chi connectivity index (χ3v) is 4.39.